The zero-order valence-corrected chi connectivity index (χ0v) is 15.2. The molecule has 0 saturated carbocycles. The molecule has 3 aromatic heterocycles. The molecule has 138 valence electrons. The van der Waals surface area contributed by atoms with Gasteiger partial charge in [0, 0.05) is 30.6 Å². The predicted molar refractivity (Wildman–Crippen MR) is 102 cm³/mol. The van der Waals surface area contributed by atoms with Crippen LogP contribution in [-0.2, 0) is 6.42 Å². The normalized spacial score (nSPS) is 16.2. The van der Waals surface area contributed by atoms with Gasteiger partial charge in [-0.1, -0.05) is 12.1 Å². The van der Waals surface area contributed by atoms with E-state index in [-0.39, 0.29) is 11.7 Å². The van der Waals surface area contributed by atoms with Crippen LogP contribution in [0.1, 0.15) is 34.0 Å². The SMILES string of the molecule is COc1ccc(C2CC(=O)c3cnc4nc(-c5ccncc5)nn4c3C2)cc1. The fourth-order valence-corrected chi connectivity index (χ4v) is 3.68. The standard InChI is InChI=1S/C21H17N5O2/c1-28-16-4-2-13(3-5-16)15-10-18-17(19(27)11-15)12-23-21-24-20(25-26(18)21)14-6-8-22-9-7-14/h2-9,12,15H,10-11H2,1H3. The summed E-state index contributed by atoms with van der Waals surface area (Å²) in [5, 5.41) is 4.63. The summed E-state index contributed by atoms with van der Waals surface area (Å²) in [7, 11) is 1.64. The molecule has 3 heterocycles. The van der Waals surface area contributed by atoms with Crippen LogP contribution in [0.5, 0.6) is 5.75 Å². The van der Waals surface area contributed by atoms with Crippen LogP contribution < -0.4 is 4.74 Å². The number of ether oxygens (including phenoxy) is 1. The Hall–Kier alpha value is -3.61. The fourth-order valence-electron chi connectivity index (χ4n) is 3.68. The molecule has 1 aliphatic carbocycles. The van der Waals surface area contributed by atoms with E-state index >= 15 is 0 Å². The summed E-state index contributed by atoms with van der Waals surface area (Å²) >= 11 is 0. The number of methoxy groups -OCH3 is 1. The molecule has 0 spiro atoms. The van der Waals surface area contributed by atoms with Crippen LogP contribution in [0.15, 0.2) is 55.0 Å². The quantitative estimate of drug-likeness (QED) is 0.550. The van der Waals surface area contributed by atoms with Gasteiger partial charge in [-0.15, -0.1) is 5.10 Å². The molecule has 4 aromatic rings. The molecule has 7 heteroatoms. The Morgan fingerprint density at radius 1 is 1.07 bits per heavy atom. The Labute approximate surface area is 161 Å². The van der Waals surface area contributed by atoms with Crippen molar-refractivity contribution in [2.75, 3.05) is 7.11 Å². The van der Waals surface area contributed by atoms with Crippen LogP contribution in [0.3, 0.4) is 0 Å². The van der Waals surface area contributed by atoms with Gasteiger partial charge in [-0.05, 0) is 42.2 Å². The number of benzene rings is 1. The molecule has 5 rings (SSSR count). The summed E-state index contributed by atoms with van der Waals surface area (Å²) < 4.78 is 6.94. The van der Waals surface area contributed by atoms with Crippen molar-refractivity contribution in [2.45, 2.75) is 18.8 Å². The largest absolute Gasteiger partial charge is 0.497 e. The second-order valence-electron chi connectivity index (χ2n) is 6.80. The molecule has 1 aliphatic rings. The van der Waals surface area contributed by atoms with Gasteiger partial charge in [0.1, 0.15) is 5.75 Å². The third-order valence-corrected chi connectivity index (χ3v) is 5.16. The molecule has 1 aromatic carbocycles. The Bertz CT molecular complexity index is 1170. The maximum atomic E-state index is 12.8. The van der Waals surface area contributed by atoms with Gasteiger partial charge in [0.05, 0.1) is 18.4 Å². The zero-order valence-electron chi connectivity index (χ0n) is 15.2. The lowest BCUT2D eigenvalue weighted by molar-refractivity contribution is 0.0962. The average molecular weight is 371 g/mol. The van der Waals surface area contributed by atoms with Crippen molar-refractivity contribution in [3.8, 4) is 17.1 Å². The minimum Gasteiger partial charge on any atom is -0.497 e. The second kappa shape index (κ2) is 6.53. The molecule has 1 atom stereocenters. The lowest BCUT2D eigenvalue weighted by atomic mass is 9.82. The summed E-state index contributed by atoms with van der Waals surface area (Å²) in [6.45, 7) is 0. The number of ketones is 1. The molecule has 7 nitrogen and oxygen atoms in total. The number of hydrogen-bond acceptors (Lipinski definition) is 6. The van der Waals surface area contributed by atoms with Gasteiger partial charge in [0.2, 0.25) is 0 Å². The first-order chi connectivity index (χ1) is 13.7. The van der Waals surface area contributed by atoms with E-state index in [1.165, 1.54) is 0 Å². The van der Waals surface area contributed by atoms with Gasteiger partial charge in [-0.25, -0.2) is 4.98 Å². The van der Waals surface area contributed by atoms with Gasteiger partial charge in [0.25, 0.3) is 5.78 Å². The number of Topliss-reactive ketones (excluding diaryl/α,β-unsaturated/α-hetero) is 1. The minimum atomic E-state index is 0.0810. The predicted octanol–water partition coefficient (Wildman–Crippen LogP) is 3.11. The fraction of sp³-hybridized carbons (Fsp3) is 0.190. The summed E-state index contributed by atoms with van der Waals surface area (Å²) in [6.07, 6.45) is 6.19. The van der Waals surface area contributed by atoms with E-state index in [0.717, 1.165) is 22.6 Å². The van der Waals surface area contributed by atoms with E-state index in [2.05, 4.69) is 20.1 Å². The number of hydrogen-bond donors (Lipinski definition) is 0. The molecule has 1 unspecified atom stereocenters. The van der Waals surface area contributed by atoms with Crippen LogP contribution >= 0.6 is 0 Å². The average Bonchev–Trinajstić information content (AvgIpc) is 3.19. The smallest absolute Gasteiger partial charge is 0.252 e. The van der Waals surface area contributed by atoms with E-state index in [1.807, 2.05) is 36.4 Å². The van der Waals surface area contributed by atoms with Crippen LogP contribution in [-0.4, -0.2) is 37.5 Å². The Morgan fingerprint density at radius 2 is 1.86 bits per heavy atom. The third kappa shape index (κ3) is 2.72. The number of rotatable bonds is 3. The topological polar surface area (TPSA) is 82.3 Å². The van der Waals surface area contributed by atoms with Gasteiger partial charge in [-0.3, -0.25) is 9.78 Å². The Kier molecular flexibility index (Phi) is 3.86. The maximum Gasteiger partial charge on any atom is 0.252 e. The van der Waals surface area contributed by atoms with Gasteiger partial charge in [-0.2, -0.15) is 9.50 Å². The molecular formula is C21H17N5O2. The summed E-state index contributed by atoms with van der Waals surface area (Å²) in [6, 6.07) is 11.6. The van der Waals surface area contributed by atoms with E-state index in [1.54, 1.807) is 30.2 Å². The van der Waals surface area contributed by atoms with Crippen molar-refractivity contribution < 1.29 is 9.53 Å². The minimum absolute atomic E-state index is 0.0810. The number of pyridine rings is 1. The van der Waals surface area contributed by atoms with E-state index in [0.29, 0.717) is 30.0 Å². The number of aromatic nitrogens is 5. The second-order valence-corrected chi connectivity index (χ2v) is 6.80. The third-order valence-electron chi connectivity index (χ3n) is 5.16. The van der Waals surface area contributed by atoms with Crippen LogP contribution in [0.4, 0.5) is 0 Å². The number of carbonyl (C=O) groups excluding carboxylic acids is 1. The van der Waals surface area contributed by atoms with Crippen LogP contribution in [0.2, 0.25) is 0 Å². The molecule has 28 heavy (non-hydrogen) atoms. The molecule has 0 fully saturated rings. The van der Waals surface area contributed by atoms with E-state index < -0.39 is 0 Å². The Balaban J connectivity index is 1.58. The van der Waals surface area contributed by atoms with E-state index in [9.17, 15) is 4.79 Å². The van der Waals surface area contributed by atoms with Crippen molar-refractivity contribution in [2.24, 2.45) is 0 Å². The van der Waals surface area contributed by atoms with Crippen LogP contribution in [0.25, 0.3) is 17.2 Å². The first kappa shape index (κ1) is 16.6. The highest BCUT2D eigenvalue weighted by Gasteiger charge is 2.29. The lowest BCUT2D eigenvalue weighted by Gasteiger charge is -2.24. The Morgan fingerprint density at radius 3 is 2.61 bits per heavy atom. The van der Waals surface area contributed by atoms with Crippen molar-refractivity contribution >= 4 is 11.6 Å². The number of nitrogens with zero attached hydrogens (tertiary/aromatic N) is 5. The number of fused-ring (bicyclic) bond motifs is 3. The monoisotopic (exact) mass is 371 g/mol. The highest BCUT2D eigenvalue weighted by atomic mass is 16.5. The molecular weight excluding hydrogens is 354 g/mol. The first-order valence-electron chi connectivity index (χ1n) is 9.05. The molecule has 0 amide bonds. The van der Waals surface area contributed by atoms with Crippen molar-refractivity contribution in [3.63, 3.8) is 0 Å². The van der Waals surface area contributed by atoms with Crippen molar-refractivity contribution in [1.82, 2.24) is 24.6 Å². The lowest BCUT2D eigenvalue weighted by Crippen LogP contribution is -2.22. The summed E-state index contributed by atoms with van der Waals surface area (Å²) in [5.41, 5.74) is 3.46. The molecule has 0 saturated heterocycles. The molecule has 0 aliphatic heterocycles. The number of carbonyl (C=O) groups is 1. The van der Waals surface area contributed by atoms with Gasteiger partial charge < -0.3 is 4.74 Å². The van der Waals surface area contributed by atoms with E-state index in [4.69, 9.17) is 4.74 Å². The molecule has 0 radical (unpaired) electrons. The highest BCUT2D eigenvalue weighted by Crippen LogP contribution is 2.33. The highest BCUT2D eigenvalue weighted by molar-refractivity contribution is 5.98. The van der Waals surface area contributed by atoms with Crippen LogP contribution in [0, 0.1) is 0 Å². The summed E-state index contributed by atoms with van der Waals surface area (Å²) in [5.74, 6) is 2.04. The van der Waals surface area contributed by atoms with Crippen molar-refractivity contribution in [1.29, 1.82) is 0 Å². The first-order valence-corrected chi connectivity index (χ1v) is 9.05. The molecule has 0 N–H and O–H groups in total. The summed E-state index contributed by atoms with van der Waals surface area (Å²) in [4.78, 5) is 25.7. The van der Waals surface area contributed by atoms with Gasteiger partial charge in [0.15, 0.2) is 11.6 Å². The van der Waals surface area contributed by atoms with Gasteiger partial charge >= 0.3 is 0 Å². The zero-order chi connectivity index (χ0) is 19.1. The maximum absolute atomic E-state index is 12.8. The van der Waals surface area contributed by atoms with Crippen molar-refractivity contribution in [3.05, 3.63) is 71.8 Å². The molecule has 0 bridgehead atoms.